The van der Waals surface area contributed by atoms with E-state index in [2.05, 4.69) is 157 Å². The van der Waals surface area contributed by atoms with Crippen LogP contribution in [0.5, 0.6) is 0 Å². The van der Waals surface area contributed by atoms with Crippen LogP contribution in [0.1, 0.15) is 0 Å². The summed E-state index contributed by atoms with van der Waals surface area (Å²) in [5.41, 5.74) is 3.48. The molecule has 1 nitrogen and oxygen atoms in total. The van der Waals surface area contributed by atoms with Crippen molar-refractivity contribution >= 4 is 112 Å². The lowest BCUT2D eigenvalue weighted by Crippen LogP contribution is -2.09. The number of hydrogen-bond donors (Lipinski definition) is 0. The molecule has 0 amide bonds. The maximum Gasteiger partial charge on any atom is 0.0476 e. The summed E-state index contributed by atoms with van der Waals surface area (Å²) < 4.78 is 5.27. The smallest absolute Gasteiger partial charge is 0.0476 e. The first-order valence-corrected chi connectivity index (χ1v) is 16.9. The zero-order valence-corrected chi connectivity index (χ0v) is 25.8. The Morgan fingerprint density at radius 2 is 0.822 bits per heavy atom. The monoisotopic (exact) mass is 607 g/mol. The Hall–Kier alpha value is -5.22. The topological polar surface area (TPSA) is 3.24 Å². The van der Waals surface area contributed by atoms with Crippen molar-refractivity contribution in [1.29, 1.82) is 0 Å². The molecule has 3 heteroatoms. The maximum absolute atomic E-state index is 2.43. The molecule has 0 atom stereocenters. The second kappa shape index (κ2) is 9.64. The largest absolute Gasteiger partial charge is 0.310 e. The summed E-state index contributed by atoms with van der Waals surface area (Å²) in [5, 5.41) is 13.0. The van der Waals surface area contributed by atoms with Crippen LogP contribution in [0.25, 0.3) is 72.7 Å². The van der Waals surface area contributed by atoms with E-state index in [-0.39, 0.29) is 0 Å². The van der Waals surface area contributed by atoms with Crippen LogP contribution in [-0.2, 0) is 0 Å². The molecule has 0 fully saturated rings. The molecule has 45 heavy (non-hydrogen) atoms. The summed E-state index contributed by atoms with van der Waals surface area (Å²) in [7, 11) is 0. The third-order valence-corrected chi connectivity index (χ3v) is 11.5. The fourth-order valence-electron chi connectivity index (χ4n) is 7.12. The van der Waals surface area contributed by atoms with Gasteiger partial charge in [-0.05, 0) is 86.9 Å². The minimum atomic E-state index is 1.15. The van der Waals surface area contributed by atoms with E-state index in [9.17, 15) is 0 Å². The highest BCUT2D eigenvalue weighted by molar-refractivity contribution is 7.26. The molecule has 0 unspecified atom stereocenters. The van der Waals surface area contributed by atoms with Gasteiger partial charge in [0.2, 0.25) is 0 Å². The molecule has 0 spiro atoms. The third kappa shape index (κ3) is 3.85. The first-order valence-electron chi connectivity index (χ1n) is 15.3. The Morgan fingerprint density at radius 3 is 1.64 bits per heavy atom. The van der Waals surface area contributed by atoms with Crippen molar-refractivity contribution < 1.29 is 0 Å². The quantitative estimate of drug-likeness (QED) is 0.181. The number of rotatable bonds is 3. The first kappa shape index (κ1) is 25.1. The Balaban J connectivity index is 1.23. The zero-order valence-electron chi connectivity index (χ0n) is 24.2. The standard InChI is InChI=1S/C42H25NS2/c1-2-8-32-26(7-1)13-14-27-15-16-28-23-29(17-20-33(28)42(27)32)43(30-19-22-40-37(24-30)35-10-4-6-12-39(35)44-40)31-18-21-36-34-9-3-5-11-38(34)45-41(36)25-31/h1-25H. The molecule has 0 aliphatic rings. The van der Waals surface area contributed by atoms with Crippen molar-refractivity contribution in [2.75, 3.05) is 4.90 Å². The van der Waals surface area contributed by atoms with E-state index in [0.29, 0.717) is 0 Å². The van der Waals surface area contributed by atoms with Crippen molar-refractivity contribution in [3.05, 3.63) is 152 Å². The van der Waals surface area contributed by atoms with Crippen LogP contribution in [-0.4, -0.2) is 0 Å². The van der Waals surface area contributed by atoms with Crippen LogP contribution in [0, 0.1) is 0 Å². The van der Waals surface area contributed by atoms with Crippen LogP contribution in [0.3, 0.4) is 0 Å². The molecule has 0 saturated carbocycles. The molecule has 10 rings (SSSR count). The van der Waals surface area contributed by atoms with Crippen molar-refractivity contribution in [2.45, 2.75) is 0 Å². The van der Waals surface area contributed by atoms with E-state index in [1.54, 1.807) is 0 Å². The van der Waals surface area contributed by atoms with E-state index < -0.39 is 0 Å². The zero-order chi connectivity index (χ0) is 29.5. The molecule has 10 aromatic rings. The minimum absolute atomic E-state index is 1.15. The SMILES string of the molecule is c1ccc2c(c1)ccc1ccc3cc(N(c4ccc5c(c4)sc4ccccc45)c4ccc5sc6ccccc6c5c4)ccc3c12. The summed E-state index contributed by atoms with van der Waals surface area (Å²) in [5.74, 6) is 0. The lowest BCUT2D eigenvalue weighted by molar-refractivity contribution is 1.30. The summed E-state index contributed by atoms with van der Waals surface area (Å²) in [6.07, 6.45) is 0. The predicted molar refractivity (Wildman–Crippen MR) is 199 cm³/mol. The number of nitrogens with zero attached hydrogens (tertiary/aromatic N) is 1. The molecular weight excluding hydrogens is 583 g/mol. The van der Waals surface area contributed by atoms with E-state index in [1.807, 2.05) is 22.7 Å². The van der Waals surface area contributed by atoms with Gasteiger partial charge < -0.3 is 4.90 Å². The van der Waals surface area contributed by atoms with Crippen LogP contribution >= 0.6 is 22.7 Å². The second-order valence-electron chi connectivity index (χ2n) is 11.7. The summed E-state index contributed by atoms with van der Waals surface area (Å²) in [6.45, 7) is 0. The lowest BCUT2D eigenvalue weighted by atomic mass is 9.96. The van der Waals surface area contributed by atoms with Crippen molar-refractivity contribution in [2.24, 2.45) is 0 Å². The molecule has 210 valence electrons. The van der Waals surface area contributed by atoms with Gasteiger partial charge in [-0.3, -0.25) is 0 Å². The predicted octanol–water partition coefficient (Wildman–Crippen LogP) is 13.4. The van der Waals surface area contributed by atoms with Gasteiger partial charge in [-0.15, -0.1) is 22.7 Å². The average molecular weight is 608 g/mol. The summed E-state index contributed by atoms with van der Waals surface area (Å²) >= 11 is 3.73. The van der Waals surface area contributed by atoms with Crippen LogP contribution < -0.4 is 4.90 Å². The Labute approximate surface area is 267 Å². The van der Waals surface area contributed by atoms with Crippen LogP contribution in [0.2, 0.25) is 0 Å². The van der Waals surface area contributed by atoms with Gasteiger partial charge >= 0.3 is 0 Å². The van der Waals surface area contributed by atoms with Crippen LogP contribution in [0.15, 0.2) is 152 Å². The number of fused-ring (bicyclic) bond motifs is 11. The Kier molecular flexibility index (Phi) is 5.39. The fraction of sp³-hybridized carbons (Fsp3) is 0. The van der Waals surface area contributed by atoms with E-state index in [1.165, 1.54) is 78.3 Å². The highest BCUT2D eigenvalue weighted by Crippen LogP contribution is 2.44. The Morgan fingerprint density at radius 1 is 0.311 bits per heavy atom. The molecule has 0 saturated heterocycles. The molecule has 0 radical (unpaired) electrons. The first-order chi connectivity index (χ1) is 22.3. The van der Waals surface area contributed by atoms with Crippen molar-refractivity contribution in [3.63, 3.8) is 0 Å². The molecule has 2 aromatic heterocycles. The lowest BCUT2D eigenvalue weighted by Gasteiger charge is -2.26. The van der Waals surface area contributed by atoms with Crippen molar-refractivity contribution in [1.82, 2.24) is 0 Å². The summed E-state index contributed by atoms with van der Waals surface area (Å²) in [6, 6.07) is 56.1. The number of hydrogen-bond acceptors (Lipinski definition) is 3. The van der Waals surface area contributed by atoms with Gasteiger partial charge in [0.25, 0.3) is 0 Å². The average Bonchev–Trinajstić information content (AvgIpc) is 3.66. The molecule has 0 bridgehead atoms. The minimum Gasteiger partial charge on any atom is -0.310 e. The molecule has 0 aliphatic heterocycles. The van der Waals surface area contributed by atoms with Crippen molar-refractivity contribution in [3.8, 4) is 0 Å². The van der Waals surface area contributed by atoms with Gasteiger partial charge in [0.15, 0.2) is 0 Å². The van der Waals surface area contributed by atoms with E-state index in [4.69, 9.17) is 0 Å². The van der Waals surface area contributed by atoms with Gasteiger partial charge in [-0.2, -0.15) is 0 Å². The van der Waals surface area contributed by atoms with E-state index >= 15 is 0 Å². The van der Waals surface area contributed by atoms with Crippen LogP contribution in [0.4, 0.5) is 17.1 Å². The number of thiophene rings is 2. The van der Waals surface area contributed by atoms with Gasteiger partial charge in [0.1, 0.15) is 0 Å². The highest BCUT2D eigenvalue weighted by Gasteiger charge is 2.17. The highest BCUT2D eigenvalue weighted by atomic mass is 32.1. The third-order valence-electron chi connectivity index (χ3n) is 9.21. The number of benzene rings is 8. The molecule has 2 heterocycles. The maximum atomic E-state index is 2.43. The van der Waals surface area contributed by atoms with E-state index in [0.717, 1.165) is 11.4 Å². The van der Waals surface area contributed by atoms with Gasteiger partial charge in [-0.1, -0.05) is 97.1 Å². The molecule has 8 aromatic carbocycles. The second-order valence-corrected chi connectivity index (χ2v) is 13.9. The Bertz CT molecular complexity index is 2780. The number of anilines is 3. The molecular formula is C42H25NS2. The van der Waals surface area contributed by atoms with Gasteiger partial charge in [0, 0.05) is 57.4 Å². The molecule has 0 N–H and O–H groups in total. The van der Waals surface area contributed by atoms with Gasteiger partial charge in [-0.25, -0.2) is 0 Å². The van der Waals surface area contributed by atoms with Gasteiger partial charge in [0.05, 0.1) is 0 Å². The molecule has 0 aliphatic carbocycles. The normalized spacial score (nSPS) is 12.0. The fourth-order valence-corrected chi connectivity index (χ4v) is 9.34. The summed E-state index contributed by atoms with van der Waals surface area (Å²) in [4.78, 5) is 2.43.